The first-order chi connectivity index (χ1) is 9.16. The molecule has 1 amide bonds. The Morgan fingerprint density at radius 1 is 1.37 bits per heavy atom. The number of hydrogen-bond acceptors (Lipinski definition) is 2. The van der Waals surface area contributed by atoms with Crippen LogP contribution in [0.5, 0.6) is 0 Å². The minimum Gasteiger partial charge on any atom is -0.358 e. The van der Waals surface area contributed by atoms with E-state index >= 15 is 0 Å². The van der Waals surface area contributed by atoms with Gasteiger partial charge in [-0.25, -0.2) is 0 Å². The highest BCUT2D eigenvalue weighted by Gasteiger charge is 2.21. The third-order valence-corrected chi connectivity index (χ3v) is 3.78. The van der Waals surface area contributed by atoms with E-state index in [1.807, 2.05) is 0 Å². The monoisotopic (exact) mass is 280 g/mol. The van der Waals surface area contributed by atoms with Crippen LogP contribution in [0.2, 0.25) is 0 Å². The molecule has 1 fully saturated rings. The molecule has 1 aliphatic rings. The lowest BCUT2D eigenvalue weighted by Crippen LogP contribution is -2.51. The number of hydrazine groups is 1. The Kier molecular flexibility index (Phi) is 4.79. The summed E-state index contributed by atoms with van der Waals surface area (Å²) in [5.41, 5.74) is 5.81. The van der Waals surface area contributed by atoms with Gasteiger partial charge in [-0.1, -0.05) is 19.8 Å². The molecule has 0 bridgehead atoms. The summed E-state index contributed by atoms with van der Waals surface area (Å²) in [6, 6.07) is 3.88. The molecular formula is C13H20N4OS. The van der Waals surface area contributed by atoms with Crippen molar-refractivity contribution >= 4 is 23.2 Å². The quantitative estimate of drug-likeness (QED) is 0.492. The molecule has 1 aromatic rings. The Morgan fingerprint density at radius 2 is 2.16 bits per heavy atom. The molecule has 4 N–H and O–H groups in total. The van der Waals surface area contributed by atoms with Crippen molar-refractivity contribution in [1.82, 2.24) is 21.2 Å². The number of aromatic nitrogens is 1. The number of carbonyl (C=O) groups excluding carboxylic acids is 1. The number of rotatable bonds is 2. The summed E-state index contributed by atoms with van der Waals surface area (Å²) < 4.78 is 0. The zero-order chi connectivity index (χ0) is 13.7. The van der Waals surface area contributed by atoms with Crippen LogP contribution < -0.4 is 16.2 Å². The standard InChI is InChI=1S/C13H20N4OS/c1-9-5-2-3-6-10(9)15-13(19)17-16-12(18)11-7-4-8-14-11/h4,7-10,14H,2-3,5-6H2,1H3,(H,16,18)(H2,15,17,19)/t9-,10+/m1/s1. The van der Waals surface area contributed by atoms with Crippen LogP contribution in [0.4, 0.5) is 0 Å². The van der Waals surface area contributed by atoms with Crippen LogP contribution in [0.1, 0.15) is 43.1 Å². The summed E-state index contributed by atoms with van der Waals surface area (Å²) in [6.07, 6.45) is 6.60. The average molecular weight is 280 g/mol. The Morgan fingerprint density at radius 3 is 2.84 bits per heavy atom. The fourth-order valence-corrected chi connectivity index (χ4v) is 2.59. The van der Waals surface area contributed by atoms with Gasteiger partial charge in [0.05, 0.1) is 0 Å². The molecule has 104 valence electrons. The van der Waals surface area contributed by atoms with Crippen LogP contribution >= 0.6 is 12.2 Å². The van der Waals surface area contributed by atoms with Crippen molar-refractivity contribution in [3.05, 3.63) is 24.0 Å². The number of nitrogens with one attached hydrogen (secondary N) is 4. The Bertz CT molecular complexity index is 432. The van der Waals surface area contributed by atoms with E-state index in [4.69, 9.17) is 12.2 Å². The first-order valence-corrected chi connectivity index (χ1v) is 7.08. The largest absolute Gasteiger partial charge is 0.358 e. The van der Waals surface area contributed by atoms with E-state index in [9.17, 15) is 4.79 Å². The first kappa shape index (κ1) is 13.9. The Hall–Kier alpha value is -1.56. The van der Waals surface area contributed by atoms with Crippen molar-refractivity contribution in [2.75, 3.05) is 0 Å². The van der Waals surface area contributed by atoms with E-state index in [1.54, 1.807) is 18.3 Å². The summed E-state index contributed by atoms with van der Waals surface area (Å²) in [4.78, 5) is 14.5. The van der Waals surface area contributed by atoms with Crippen LogP contribution in [0.3, 0.4) is 0 Å². The van der Waals surface area contributed by atoms with Gasteiger partial charge in [0.25, 0.3) is 5.91 Å². The second kappa shape index (κ2) is 6.56. The van der Waals surface area contributed by atoms with Crippen molar-refractivity contribution in [3.63, 3.8) is 0 Å². The van der Waals surface area contributed by atoms with Crippen molar-refractivity contribution in [3.8, 4) is 0 Å². The highest BCUT2D eigenvalue weighted by molar-refractivity contribution is 7.80. The summed E-state index contributed by atoms with van der Waals surface area (Å²) >= 11 is 5.19. The molecule has 6 heteroatoms. The minimum atomic E-state index is -0.231. The smallest absolute Gasteiger partial charge is 0.286 e. The van der Waals surface area contributed by atoms with Crippen molar-refractivity contribution < 1.29 is 4.79 Å². The third-order valence-electron chi connectivity index (χ3n) is 3.56. The predicted molar refractivity (Wildman–Crippen MR) is 78.5 cm³/mol. The lowest BCUT2D eigenvalue weighted by molar-refractivity contribution is 0.0939. The fourth-order valence-electron chi connectivity index (χ4n) is 2.39. The van der Waals surface area contributed by atoms with Crippen molar-refractivity contribution in [2.24, 2.45) is 5.92 Å². The lowest BCUT2D eigenvalue weighted by atomic mass is 9.86. The molecule has 0 saturated heterocycles. The molecule has 0 spiro atoms. The van der Waals surface area contributed by atoms with Gasteiger partial charge in [0.2, 0.25) is 0 Å². The first-order valence-electron chi connectivity index (χ1n) is 6.67. The second-order valence-electron chi connectivity index (χ2n) is 5.00. The molecule has 0 aromatic carbocycles. The summed E-state index contributed by atoms with van der Waals surface area (Å²) in [5.74, 6) is 0.387. The molecule has 1 saturated carbocycles. The van der Waals surface area contributed by atoms with Gasteiger partial charge in [-0.2, -0.15) is 0 Å². The molecule has 0 radical (unpaired) electrons. The molecular weight excluding hydrogens is 260 g/mol. The van der Waals surface area contributed by atoms with Crippen molar-refractivity contribution in [1.29, 1.82) is 0 Å². The van der Waals surface area contributed by atoms with Gasteiger partial charge in [-0.05, 0) is 43.1 Å². The summed E-state index contributed by atoms with van der Waals surface area (Å²) in [5, 5.41) is 3.74. The Labute approximate surface area is 118 Å². The molecule has 1 aromatic heterocycles. The highest BCUT2D eigenvalue weighted by atomic mass is 32.1. The zero-order valence-electron chi connectivity index (χ0n) is 11.0. The third kappa shape index (κ3) is 3.96. The van der Waals surface area contributed by atoms with Gasteiger partial charge in [0, 0.05) is 12.2 Å². The number of thiocarbonyl (C=S) groups is 1. The van der Waals surface area contributed by atoms with Gasteiger partial charge in [-0.3, -0.25) is 15.6 Å². The Balaban J connectivity index is 1.74. The van der Waals surface area contributed by atoms with E-state index in [0.29, 0.717) is 22.8 Å². The van der Waals surface area contributed by atoms with E-state index in [2.05, 4.69) is 28.1 Å². The van der Waals surface area contributed by atoms with Gasteiger partial charge in [0.15, 0.2) is 5.11 Å². The number of amides is 1. The topological polar surface area (TPSA) is 68.9 Å². The van der Waals surface area contributed by atoms with E-state index in [1.165, 1.54) is 19.3 Å². The molecule has 19 heavy (non-hydrogen) atoms. The highest BCUT2D eigenvalue weighted by Crippen LogP contribution is 2.23. The maximum absolute atomic E-state index is 11.7. The number of aromatic amines is 1. The normalized spacial score (nSPS) is 22.6. The van der Waals surface area contributed by atoms with Crippen LogP contribution in [0.15, 0.2) is 18.3 Å². The van der Waals surface area contributed by atoms with Crippen LogP contribution in [-0.4, -0.2) is 22.0 Å². The summed E-state index contributed by atoms with van der Waals surface area (Å²) in [7, 11) is 0. The minimum absolute atomic E-state index is 0.231. The fraction of sp³-hybridized carbons (Fsp3) is 0.538. The maximum Gasteiger partial charge on any atom is 0.286 e. The van der Waals surface area contributed by atoms with E-state index < -0.39 is 0 Å². The zero-order valence-corrected chi connectivity index (χ0v) is 11.8. The van der Waals surface area contributed by atoms with Crippen LogP contribution in [0, 0.1) is 5.92 Å². The predicted octanol–water partition coefficient (Wildman–Crippen LogP) is 1.70. The van der Waals surface area contributed by atoms with Crippen LogP contribution in [-0.2, 0) is 0 Å². The maximum atomic E-state index is 11.7. The molecule has 1 heterocycles. The van der Waals surface area contributed by atoms with Gasteiger partial charge in [-0.15, -0.1) is 0 Å². The van der Waals surface area contributed by atoms with E-state index in [-0.39, 0.29) is 5.91 Å². The van der Waals surface area contributed by atoms with Gasteiger partial charge in [0.1, 0.15) is 5.69 Å². The molecule has 0 aliphatic heterocycles. The SMILES string of the molecule is C[C@@H]1CCCC[C@@H]1NC(=S)NNC(=O)c1ccc[nH]1. The lowest BCUT2D eigenvalue weighted by Gasteiger charge is -2.30. The molecule has 0 unspecified atom stereocenters. The molecule has 5 nitrogen and oxygen atoms in total. The molecule has 1 aliphatic carbocycles. The number of carbonyl (C=O) groups is 1. The van der Waals surface area contributed by atoms with E-state index in [0.717, 1.165) is 6.42 Å². The number of H-pyrrole nitrogens is 1. The van der Waals surface area contributed by atoms with Crippen LogP contribution in [0.25, 0.3) is 0 Å². The number of hydrogen-bond donors (Lipinski definition) is 4. The van der Waals surface area contributed by atoms with Gasteiger partial charge >= 0.3 is 0 Å². The van der Waals surface area contributed by atoms with Gasteiger partial charge < -0.3 is 10.3 Å². The molecule has 2 atom stereocenters. The molecule has 2 rings (SSSR count). The summed E-state index contributed by atoms with van der Waals surface area (Å²) in [6.45, 7) is 2.23. The average Bonchev–Trinajstić information content (AvgIpc) is 2.93. The second-order valence-corrected chi connectivity index (χ2v) is 5.41. The van der Waals surface area contributed by atoms with Crippen molar-refractivity contribution in [2.45, 2.75) is 38.6 Å².